The van der Waals surface area contributed by atoms with Crippen molar-refractivity contribution >= 4 is 10.8 Å². The van der Waals surface area contributed by atoms with E-state index in [9.17, 15) is 4.21 Å². The molecule has 1 aliphatic carbocycles. The Morgan fingerprint density at radius 3 is 2.83 bits per heavy atom. The van der Waals surface area contributed by atoms with Crippen molar-refractivity contribution in [1.82, 2.24) is 5.32 Å². The van der Waals surface area contributed by atoms with Gasteiger partial charge in [-0.1, -0.05) is 44.5 Å². The van der Waals surface area contributed by atoms with Gasteiger partial charge in [0.05, 0.1) is 5.25 Å². The minimum absolute atomic E-state index is 0.258. The molecule has 0 radical (unpaired) electrons. The Balaban J connectivity index is 2.15. The molecule has 0 heterocycles. The zero-order valence-electron chi connectivity index (χ0n) is 11.3. The lowest BCUT2D eigenvalue weighted by molar-refractivity contribution is 0.545. The largest absolute Gasteiger partial charge is 0.309 e. The van der Waals surface area contributed by atoms with E-state index in [-0.39, 0.29) is 11.3 Å². The lowest BCUT2D eigenvalue weighted by Gasteiger charge is -2.20. The molecule has 0 aliphatic heterocycles. The van der Waals surface area contributed by atoms with E-state index in [0.29, 0.717) is 0 Å². The summed E-state index contributed by atoms with van der Waals surface area (Å²) in [6.07, 6.45) is 3.15. The first kappa shape index (κ1) is 13.8. The first-order valence-electron chi connectivity index (χ1n) is 6.96. The number of fused-ring (bicyclic) bond motifs is 1. The van der Waals surface area contributed by atoms with Gasteiger partial charge < -0.3 is 5.32 Å². The maximum atomic E-state index is 12.4. The SMILES string of the molecule is CCCCS(=O)C1Cc2ccccc2C1NCC. The first-order chi connectivity index (χ1) is 8.77. The summed E-state index contributed by atoms with van der Waals surface area (Å²) in [6.45, 7) is 5.20. The highest BCUT2D eigenvalue weighted by Crippen LogP contribution is 2.34. The minimum Gasteiger partial charge on any atom is -0.309 e. The predicted molar refractivity (Wildman–Crippen MR) is 78.3 cm³/mol. The van der Waals surface area contributed by atoms with E-state index in [1.165, 1.54) is 11.1 Å². The monoisotopic (exact) mass is 265 g/mol. The van der Waals surface area contributed by atoms with Crippen LogP contribution < -0.4 is 5.32 Å². The summed E-state index contributed by atoms with van der Waals surface area (Å²) in [5, 5.41) is 3.77. The van der Waals surface area contributed by atoms with Crippen LogP contribution in [0, 0.1) is 0 Å². The third-order valence-electron chi connectivity index (χ3n) is 3.64. The van der Waals surface area contributed by atoms with E-state index in [0.717, 1.165) is 31.6 Å². The third kappa shape index (κ3) is 2.83. The van der Waals surface area contributed by atoms with Gasteiger partial charge in [-0.2, -0.15) is 0 Å². The van der Waals surface area contributed by atoms with Crippen LogP contribution in [0.25, 0.3) is 0 Å². The second kappa shape index (κ2) is 6.48. The van der Waals surface area contributed by atoms with Gasteiger partial charge in [0.1, 0.15) is 0 Å². The fourth-order valence-corrected chi connectivity index (χ4v) is 4.49. The Labute approximate surface area is 113 Å². The maximum absolute atomic E-state index is 12.4. The highest BCUT2D eigenvalue weighted by Gasteiger charge is 2.35. The molecule has 0 saturated heterocycles. The van der Waals surface area contributed by atoms with Gasteiger partial charge in [0.2, 0.25) is 0 Å². The Kier molecular flexibility index (Phi) is 4.95. The van der Waals surface area contributed by atoms with Crippen molar-refractivity contribution in [2.45, 2.75) is 44.4 Å². The van der Waals surface area contributed by atoms with Crippen LogP contribution in [0.4, 0.5) is 0 Å². The molecule has 1 aromatic rings. The molecule has 100 valence electrons. The van der Waals surface area contributed by atoms with Crippen molar-refractivity contribution in [3.63, 3.8) is 0 Å². The van der Waals surface area contributed by atoms with E-state index < -0.39 is 10.8 Å². The van der Waals surface area contributed by atoms with Crippen LogP contribution in [0.1, 0.15) is 43.9 Å². The van der Waals surface area contributed by atoms with E-state index in [4.69, 9.17) is 0 Å². The molecular weight excluding hydrogens is 242 g/mol. The summed E-state index contributed by atoms with van der Waals surface area (Å²) in [4.78, 5) is 0. The molecule has 2 rings (SSSR count). The third-order valence-corrected chi connectivity index (χ3v) is 5.45. The van der Waals surface area contributed by atoms with Gasteiger partial charge in [-0.15, -0.1) is 0 Å². The van der Waals surface area contributed by atoms with Crippen molar-refractivity contribution in [2.24, 2.45) is 0 Å². The topological polar surface area (TPSA) is 29.1 Å². The van der Waals surface area contributed by atoms with Crippen LogP contribution in [0.5, 0.6) is 0 Å². The van der Waals surface area contributed by atoms with Crippen LogP contribution in [-0.4, -0.2) is 21.8 Å². The average molecular weight is 265 g/mol. The van der Waals surface area contributed by atoms with Crippen molar-refractivity contribution in [3.8, 4) is 0 Å². The predicted octanol–water partition coefficient (Wildman–Crippen LogP) is 2.81. The molecule has 1 aliphatic rings. The van der Waals surface area contributed by atoms with Gasteiger partial charge in [0.15, 0.2) is 0 Å². The Hall–Kier alpha value is -0.670. The van der Waals surface area contributed by atoms with Crippen LogP contribution in [-0.2, 0) is 17.2 Å². The highest BCUT2D eigenvalue weighted by atomic mass is 32.2. The Morgan fingerprint density at radius 1 is 1.33 bits per heavy atom. The van der Waals surface area contributed by atoms with Gasteiger partial charge in [-0.3, -0.25) is 4.21 Å². The number of rotatable bonds is 6. The maximum Gasteiger partial charge on any atom is 0.0583 e. The van der Waals surface area contributed by atoms with Crippen molar-refractivity contribution in [1.29, 1.82) is 0 Å². The number of hydrogen-bond acceptors (Lipinski definition) is 2. The van der Waals surface area contributed by atoms with E-state index in [1.807, 2.05) is 0 Å². The zero-order chi connectivity index (χ0) is 13.0. The average Bonchev–Trinajstić information content (AvgIpc) is 2.76. The molecule has 2 nitrogen and oxygen atoms in total. The fraction of sp³-hybridized carbons (Fsp3) is 0.600. The lowest BCUT2D eigenvalue weighted by Crippen LogP contribution is -2.32. The molecule has 1 N–H and O–H groups in total. The fourth-order valence-electron chi connectivity index (χ4n) is 2.70. The van der Waals surface area contributed by atoms with Crippen molar-refractivity contribution in [2.75, 3.05) is 12.3 Å². The molecule has 0 aromatic heterocycles. The first-order valence-corrected chi connectivity index (χ1v) is 8.34. The molecule has 1 aromatic carbocycles. The van der Waals surface area contributed by atoms with Crippen molar-refractivity contribution < 1.29 is 4.21 Å². The molecular formula is C15H23NOS. The zero-order valence-corrected chi connectivity index (χ0v) is 12.1. The second-order valence-corrected chi connectivity index (χ2v) is 6.69. The summed E-state index contributed by atoms with van der Waals surface area (Å²) in [5.74, 6) is 0.844. The second-order valence-electron chi connectivity index (χ2n) is 4.92. The van der Waals surface area contributed by atoms with Crippen LogP contribution >= 0.6 is 0 Å². The Morgan fingerprint density at radius 2 is 2.11 bits per heavy atom. The quantitative estimate of drug-likeness (QED) is 0.857. The number of nitrogens with one attached hydrogen (secondary N) is 1. The van der Waals surface area contributed by atoms with Crippen LogP contribution in [0.15, 0.2) is 24.3 Å². The highest BCUT2D eigenvalue weighted by molar-refractivity contribution is 7.85. The van der Waals surface area contributed by atoms with Gasteiger partial charge in [0, 0.05) is 22.6 Å². The summed E-state index contributed by atoms with van der Waals surface area (Å²) < 4.78 is 12.4. The molecule has 18 heavy (non-hydrogen) atoms. The molecule has 0 spiro atoms. The standard InChI is InChI=1S/C15H23NOS/c1-3-5-10-18(17)14-11-12-8-6-7-9-13(12)15(14)16-4-2/h6-9,14-16H,3-5,10-11H2,1-2H3. The molecule has 0 bridgehead atoms. The number of benzene rings is 1. The number of unbranched alkanes of at least 4 members (excludes halogenated alkanes) is 1. The Bertz CT molecular complexity index is 419. The summed E-state index contributed by atoms with van der Waals surface area (Å²) in [5.41, 5.74) is 2.73. The van der Waals surface area contributed by atoms with Gasteiger partial charge in [-0.25, -0.2) is 0 Å². The molecule has 0 saturated carbocycles. The smallest absolute Gasteiger partial charge is 0.0583 e. The summed E-state index contributed by atoms with van der Waals surface area (Å²) in [7, 11) is -0.716. The van der Waals surface area contributed by atoms with Crippen LogP contribution in [0.2, 0.25) is 0 Å². The molecule has 3 heteroatoms. The molecule has 3 unspecified atom stereocenters. The molecule has 0 amide bonds. The van der Waals surface area contributed by atoms with Crippen LogP contribution in [0.3, 0.4) is 0 Å². The van der Waals surface area contributed by atoms with Gasteiger partial charge in [-0.05, 0) is 30.5 Å². The van der Waals surface area contributed by atoms with E-state index in [1.54, 1.807) is 0 Å². The minimum atomic E-state index is -0.716. The summed E-state index contributed by atoms with van der Waals surface area (Å²) in [6, 6.07) is 8.81. The lowest BCUT2D eigenvalue weighted by atomic mass is 10.1. The molecule has 0 fully saturated rings. The van der Waals surface area contributed by atoms with Gasteiger partial charge in [0.25, 0.3) is 0 Å². The van der Waals surface area contributed by atoms with E-state index in [2.05, 4.69) is 43.4 Å². The van der Waals surface area contributed by atoms with Crippen molar-refractivity contribution in [3.05, 3.63) is 35.4 Å². The molecule has 3 atom stereocenters. The van der Waals surface area contributed by atoms with Gasteiger partial charge >= 0.3 is 0 Å². The normalized spacial score (nSPS) is 23.9. The number of hydrogen-bond donors (Lipinski definition) is 1. The summed E-state index contributed by atoms with van der Waals surface area (Å²) >= 11 is 0. The van der Waals surface area contributed by atoms with E-state index >= 15 is 0 Å².